The van der Waals surface area contributed by atoms with Gasteiger partial charge in [-0.15, -0.1) is 0 Å². The third-order valence-electron chi connectivity index (χ3n) is 2.52. The van der Waals surface area contributed by atoms with E-state index < -0.39 is 22.3 Å². The smallest absolute Gasteiger partial charge is 0.282 e. The summed E-state index contributed by atoms with van der Waals surface area (Å²) in [6, 6.07) is 9.11. The number of hydrogen-bond acceptors (Lipinski definition) is 3. The number of nitro groups is 1. The van der Waals surface area contributed by atoms with Crippen molar-refractivity contribution in [3.05, 3.63) is 69.0 Å². The summed E-state index contributed by atoms with van der Waals surface area (Å²) in [7, 11) is 0. The number of nitro benzene ring substituents is 1. The first-order valence-electron chi connectivity index (χ1n) is 5.49. The molecule has 0 aliphatic rings. The summed E-state index contributed by atoms with van der Waals surface area (Å²) in [5.41, 5.74) is -0.694. The molecule has 0 saturated heterocycles. The van der Waals surface area contributed by atoms with Gasteiger partial charge in [0.2, 0.25) is 0 Å². The molecule has 0 saturated carbocycles. The average Bonchev–Trinajstić information content (AvgIpc) is 2.40. The van der Waals surface area contributed by atoms with Crippen LogP contribution in [0.15, 0.2) is 42.5 Å². The second kappa shape index (κ2) is 5.66. The summed E-state index contributed by atoms with van der Waals surface area (Å²) in [6.07, 6.45) is 0. The molecule has 0 fully saturated rings. The van der Waals surface area contributed by atoms with E-state index in [1.807, 2.05) is 0 Å². The van der Waals surface area contributed by atoms with Gasteiger partial charge in [0.05, 0.1) is 10.6 Å². The van der Waals surface area contributed by atoms with Crippen molar-refractivity contribution in [3.8, 4) is 0 Å². The molecule has 1 N–H and O–H groups in total. The highest BCUT2D eigenvalue weighted by Gasteiger charge is 2.21. The summed E-state index contributed by atoms with van der Waals surface area (Å²) in [4.78, 5) is 22.2. The van der Waals surface area contributed by atoms with Crippen molar-refractivity contribution in [1.29, 1.82) is 0 Å². The lowest BCUT2D eigenvalue weighted by molar-refractivity contribution is -0.385. The van der Waals surface area contributed by atoms with Crippen LogP contribution in [0.5, 0.6) is 0 Å². The minimum atomic E-state index is -0.802. The van der Waals surface area contributed by atoms with Gasteiger partial charge in [-0.25, -0.2) is 4.39 Å². The van der Waals surface area contributed by atoms with Crippen molar-refractivity contribution >= 4 is 28.9 Å². The molecule has 0 aliphatic carbocycles. The summed E-state index contributed by atoms with van der Waals surface area (Å²) in [6.45, 7) is 0. The normalized spacial score (nSPS) is 10.1. The monoisotopic (exact) mass is 294 g/mol. The molecule has 0 aromatic heterocycles. The number of amides is 1. The van der Waals surface area contributed by atoms with Crippen LogP contribution in [0.3, 0.4) is 0 Å². The molecule has 0 atom stereocenters. The Kier molecular flexibility index (Phi) is 3.95. The first kappa shape index (κ1) is 14.0. The molecule has 0 bridgehead atoms. The highest BCUT2D eigenvalue weighted by Crippen LogP contribution is 2.24. The lowest BCUT2D eigenvalue weighted by Gasteiger charge is -2.07. The third-order valence-corrected chi connectivity index (χ3v) is 2.76. The SMILES string of the molecule is O=C(Nc1ccccc1F)c1cc(Cl)ccc1[N+](=O)[O-]. The van der Waals surface area contributed by atoms with Crippen molar-refractivity contribution in [2.75, 3.05) is 5.32 Å². The van der Waals surface area contributed by atoms with Crippen molar-refractivity contribution in [2.24, 2.45) is 0 Å². The molecule has 2 aromatic carbocycles. The fourth-order valence-corrected chi connectivity index (χ4v) is 1.77. The van der Waals surface area contributed by atoms with Gasteiger partial charge in [-0.05, 0) is 24.3 Å². The van der Waals surface area contributed by atoms with Crippen LogP contribution in [0, 0.1) is 15.9 Å². The minimum absolute atomic E-state index is 0.0632. The fraction of sp³-hybridized carbons (Fsp3) is 0. The third kappa shape index (κ3) is 2.92. The Morgan fingerprint density at radius 3 is 2.60 bits per heavy atom. The number of anilines is 1. The van der Waals surface area contributed by atoms with Gasteiger partial charge in [0, 0.05) is 11.1 Å². The van der Waals surface area contributed by atoms with E-state index in [1.54, 1.807) is 0 Å². The van der Waals surface area contributed by atoms with Crippen molar-refractivity contribution < 1.29 is 14.1 Å². The number of nitrogens with zero attached hydrogens (tertiary/aromatic N) is 1. The highest BCUT2D eigenvalue weighted by atomic mass is 35.5. The van der Waals surface area contributed by atoms with Crippen LogP contribution >= 0.6 is 11.6 Å². The number of para-hydroxylation sites is 1. The van der Waals surface area contributed by atoms with E-state index in [1.165, 1.54) is 30.3 Å². The lowest BCUT2D eigenvalue weighted by atomic mass is 10.1. The Balaban J connectivity index is 2.37. The van der Waals surface area contributed by atoms with Gasteiger partial charge in [-0.2, -0.15) is 0 Å². The van der Waals surface area contributed by atoms with Crippen molar-refractivity contribution in [1.82, 2.24) is 0 Å². The molecule has 20 heavy (non-hydrogen) atoms. The number of hydrogen-bond donors (Lipinski definition) is 1. The van der Waals surface area contributed by atoms with E-state index in [4.69, 9.17) is 11.6 Å². The molecule has 0 aliphatic heterocycles. The van der Waals surface area contributed by atoms with Crippen molar-refractivity contribution in [2.45, 2.75) is 0 Å². The van der Waals surface area contributed by atoms with Crippen LogP contribution in [-0.2, 0) is 0 Å². The Morgan fingerprint density at radius 1 is 1.25 bits per heavy atom. The average molecular weight is 295 g/mol. The molecule has 2 aromatic rings. The predicted molar refractivity (Wildman–Crippen MR) is 72.5 cm³/mol. The summed E-state index contributed by atoms with van der Waals surface area (Å²) in [5, 5.41) is 13.3. The molecule has 0 spiro atoms. The highest BCUT2D eigenvalue weighted by molar-refractivity contribution is 6.31. The standard InChI is InChI=1S/C13H8ClFN2O3/c14-8-5-6-12(17(19)20)9(7-8)13(18)16-11-4-2-1-3-10(11)15/h1-7H,(H,16,18). The van der Waals surface area contributed by atoms with Gasteiger partial charge in [0.1, 0.15) is 11.4 Å². The van der Waals surface area contributed by atoms with Gasteiger partial charge in [0.15, 0.2) is 0 Å². The van der Waals surface area contributed by atoms with Gasteiger partial charge in [0.25, 0.3) is 11.6 Å². The Bertz CT molecular complexity index is 691. The summed E-state index contributed by atoms with van der Waals surface area (Å²) >= 11 is 5.72. The Hall–Kier alpha value is -2.47. The Labute approximate surface area is 118 Å². The quantitative estimate of drug-likeness (QED) is 0.694. The number of carbonyl (C=O) groups excluding carboxylic acids is 1. The second-order valence-electron chi connectivity index (χ2n) is 3.85. The van der Waals surface area contributed by atoms with E-state index >= 15 is 0 Å². The maximum Gasteiger partial charge on any atom is 0.282 e. The van der Waals surface area contributed by atoms with Crippen molar-refractivity contribution in [3.63, 3.8) is 0 Å². The number of halogens is 2. The molecule has 0 heterocycles. The maximum atomic E-state index is 13.4. The van der Waals surface area contributed by atoms with E-state index in [0.717, 1.165) is 12.1 Å². The van der Waals surface area contributed by atoms with Gasteiger partial charge in [-0.3, -0.25) is 14.9 Å². The Morgan fingerprint density at radius 2 is 1.95 bits per heavy atom. The minimum Gasteiger partial charge on any atom is -0.319 e. The first-order valence-corrected chi connectivity index (χ1v) is 5.86. The van der Waals surface area contributed by atoms with Crippen LogP contribution in [0.25, 0.3) is 0 Å². The van der Waals surface area contributed by atoms with Crippen LogP contribution in [0.1, 0.15) is 10.4 Å². The molecule has 2 rings (SSSR count). The molecule has 7 heteroatoms. The predicted octanol–water partition coefficient (Wildman–Crippen LogP) is 3.64. The number of nitrogens with one attached hydrogen (secondary N) is 1. The zero-order valence-corrected chi connectivity index (χ0v) is 10.7. The fourth-order valence-electron chi connectivity index (χ4n) is 1.60. The van der Waals surface area contributed by atoms with E-state index in [2.05, 4.69) is 5.32 Å². The van der Waals surface area contributed by atoms with Gasteiger partial charge in [-0.1, -0.05) is 23.7 Å². The maximum absolute atomic E-state index is 13.4. The van der Waals surface area contributed by atoms with Crippen LogP contribution < -0.4 is 5.32 Å². The van der Waals surface area contributed by atoms with E-state index in [-0.39, 0.29) is 16.3 Å². The molecule has 0 unspecified atom stereocenters. The van der Waals surface area contributed by atoms with E-state index in [0.29, 0.717) is 0 Å². The zero-order chi connectivity index (χ0) is 14.7. The molecule has 5 nitrogen and oxygen atoms in total. The van der Waals surface area contributed by atoms with Crippen LogP contribution in [0.4, 0.5) is 15.8 Å². The molecule has 102 valence electrons. The van der Waals surface area contributed by atoms with Gasteiger partial charge < -0.3 is 5.32 Å². The molecule has 1 amide bonds. The number of rotatable bonds is 3. The number of carbonyl (C=O) groups is 1. The topological polar surface area (TPSA) is 72.2 Å². The number of benzene rings is 2. The molecular weight excluding hydrogens is 287 g/mol. The molecule has 0 radical (unpaired) electrons. The second-order valence-corrected chi connectivity index (χ2v) is 4.29. The van der Waals surface area contributed by atoms with E-state index in [9.17, 15) is 19.3 Å². The summed E-state index contributed by atoms with van der Waals surface area (Å²) < 4.78 is 13.4. The van der Waals surface area contributed by atoms with Gasteiger partial charge >= 0.3 is 0 Å². The largest absolute Gasteiger partial charge is 0.319 e. The first-order chi connectivity index (χ1) is 9.49. The lowest BCUT2D eigenvalue weighted by Crippen LogP contribution is -2.14. The molecular formula is C13H8ClFN2O3. The van der Waals surface area contributed by atoms with Crippen LogP contribution in [-0.4, -0.2) is 10.8 Å². The van der Waals surface area contributed by atoms with Crippen LogP contribution in [0.2, 0.25) is 5.02 Å². The zero-order valence-electron chi connectivity index (χ0n) is 9.97. The summed E-state index contributed by atoms with van der Waals surface area (Å²) in [5.74, 6) is -1.44.